The van der Waals surface area contributed by atoms with Crippen molar-refractivity contribution in [1.29, 1.82) is 0 Å². The molecule has 0 spiro atoms. The van der Waals surface area contributed by atoms with Gasteiger partial charge in [0.15, 0.2) is 17.3 Å². The average molecular weight is 540 g/mol. The Morgan fingerprint density at radius 1 is 1.03 bits per heavy atom. The molecule has 0 fully saturated rings. The molecule has 1 aliphatic carbocycles. The second kappa shape index (κ2) is 10.8. The van der Waals surface area contributed by atoms with Crippen molar-refractivity contribution in [2.45, 2.75) is 44.9 Å². The number of allylic oxidation sites excluding steroid dienone is 2. The monoisotopic (exact) mass is 539 g/mol. The number of hydrogen-bond acceptors (Lipinski definition) is 6. The molecule has 184 valence electrons. The fourth-order valence-corrected chi connectivity index (χ4v) is 5.29. The van der Waals surface area contributed by atoms with Gasteiger partial charge in [0.2, 0.25) is 0 Å². The third-order valence-corrected chi connectivity index (χ3v) is 7.23. The predicted octanol–water partition coefficient (Wildman–Crippen LogP) is 5.99. The summed E-state index contributed by atoms with van der Waals surface area (Å²) in [6, 6.07) is 13.6. The van der Waals surface area contributed by atoms with E-state index in [9.17, 15) is 9.59 Å². The zero-order valence-electron chi connectivity index (χ0n) is 20.5. The van der Waals surface area contributed by atoms with Crippen molar-refractivity contribution in [2.75, 3.05) is 20.8 Å². The van der Waals surface area contributed by atoms with Crippen LogP contribution < -0.4 is 9.47 Å². The molecule has 0 N–H and O–H groups in total. The molecular formula is C28H30BrNO5. The SMILES string of the molecule is CCCOC(=O)C1C(C)=NC2=C(C(=O)C[C@@H](c3ccc(OC)c(OC)c3)C2)[C@H]1c1ccc(Br)cc1. The summed E-state index contributed by atoms with van der Waals surface area (Å²) in [7, 11) is 3.20. The first-order chi connectivity index (χ1) is 16.9. The van der Waals surface area contributed by atoms with Crippen molar-refractivity contribution >= 4 is 33.4 Å². The molecule has 1 heterocycles. The van der Waals surface area contributed by atoms with Crippen molar-refractivity contribution in [3.05, 3.63) is 69.3 Å². The van der Waals surface area contributed by atoms with Crippen LogP contribution in [-0.4, -0.2) is 38.3 Å². The summed E-state index contributed by atoms with van der Waals surface area (Å²) in [6.07, 6.45) is 1.68. The van der Waals surface area contributed by atoms with Crippen LogP contribution >= 0.6 is 15.9 Å². The number of ketones is 1. The first-order valence-corrected chi connectivity index (χ1v) is 12.6. The normalized spacial score (nSPS) is 21.8. The lowest BCUT2D eigenvalue weighted by Crippen LogP contribution is -2.38. The molecule has 6 nitrogen and oxygen atoms in total. The molecule has 0 saturated heterocycles. The Balaban J connectivity index is 1.75. The van der Waals surface area contributed by atoms with Gasteiger partial charge in [-0.2, -0.15) is 0 Å². The van der Waals surface area contributed by atoms with Crippen LogP contribution in [-0.2, 0) is 14.3 Å². The summed E-state index contributed by atoms with van der Waals surface area (Å²) in [5, 5.41) is 0. The van der Waals surface area contributed by atoms with Crippen molar-refractivity contribution in [1.82, 2.24) is 0 Å². The Kier molecular flexibility index (Phi) is 7.75. The van der Waals surface area contributed by atoms with Gasteiger partial charge in [0.1, 0.15) is 5.92 Å². The lowest BCUT2D eigenvalue weighted by Gasteiger charge is -2.36. The van der Waals surface area contributed by atoms with Gasteiger partial charge in [0.25, 0.3) is 0 Å². The van der Waals surface area contributed by atoms with Crippen molar-refractivity contribution in [2.24, 2.45) is 10.9 Å². The van der Waals surface area contributed by atoms with Crippen molar-refractivity contribution in [3.63, 3.8) is 0 Å². The minimum atomic E-state index is -0.622. The number of nitrogens with zero attached hydrogens (tertiary/aromatic N) is 1. The van der Waals surface area contributed by atoms with Gasteiger partial charge in [-0.1, -0.05) is 41.1 Å². The van der Waals surface area contributed by atoms with Crippen LogP contribution in [0.3, 0.4) is 0 Å². The summed E-state index contributed by atoms with van der Waals surface area (Å²) in [4.78, 5) is 31.6. The molecule has 2 aromatic carbocycles. The molecule has 1 aliphatic heterocycles. The maximum atomic E-state index is 13.7. The number of Topliss-reactive ketones (excluding diaryl/α,β-unsaturated/α-hetero) is 1. The molecule has 3 atom stereocenters. The number of aliphatic imine (C=N–C) groups is 1. The molecule has 2 aliphatic rings. The Labute approximate surface area is 214 Å². The summed E-state index contributed by atoms with van der Waals surface area (Å²) < 4.78 is 17.3. The molecule has 0 radical (unpaired) electrons. The van der Waals surface area contributed by atoms with E-state index in [1.54, 1.807) is 14.2 Å². The number of carbonyl (C=O) groups is 2. The van der Waals surface area contributed by atoms with E-state index >= 15 is 0 Å². The number of ether oxygens (including phenoxy) is 3. The van der Waals surface area contributed by atoms with E-state index in [4.69, 9.17) is 19.2 Å². The van der Waals surface area contributed by atoms with Crippen molar-refractivity contribution in [3.8, 4) is 11.5 Å². The topological polar surface area (TPSA) is 74.2 Å². The maximum Gasteiger partial charge on any atom is 0.315 e. The zero-order chi connectivity index (χ0) is 25.1. The summed E-state index contributed by atoms with van der Waals surface area (Å²) >= 11 is 3.48. The van der Waals surface area contributed by atoms with Gasteiger partial charge in [0, 0.05) is 33.8 Å². The second-order valence-corrected chi connectivity index (χ2v) is 9.85. The van der Waals surface area contributed by atoms with Crippen LogP contribution in [0.15, 0.2) is 63.2 Å². The molecule has 4 rings (SSSR count). The Bertz CT molecular complexity index is 1180. The molecule has 35 heavy (non-hydrogen) atoms. The Hall–Kier alpha value is -2.93. The number of methoxy groups -OCH3 is 2. The third-order valence-electron chi connectivity index (χ3n) is 6.70. The predicted molar refractivity (Wildman–Crippen MR) is 138 cm³/mol. The third kappa shape index (κ3) is 5.06. The van der Waals surface area contributed by atoms with Gasteiger partial charge in [-0.15, -0.1) is 0 Å². The van der Waals surface area contributed by atoms with Crippen LogP contribution in [0.5, 0.6) is 11.5 Å². The van der Waals surface area contributed by atoms with E-state index < -0.39 is 11.8 Å². The fourth-order valence-electron chi connectivity index (χ4n) is 5.03. The molecule has 0 aromatic heterocycles. The highest BCUT2D eigenvalue weighted by Gasteiger charge is 2.44. The number of carbonyl (C=O) groups excluding carboxylic acids is 2. The van der Waals surface area contributed by atoms with Crippen LogP contribution in [0.1, 0.15) is 56.1 Å². The van der Waals surface area contributed by atoms with Crippen LogP contribution in [0.25, 0.3) is 0 Å². The molecule has 0 bridgehead atoms. The zero-order valence-corrected chi connectivity index (χ0v) is 22.1. The van der Waals surface area contributed by atoms with E-state index in [-0.39, 0.29) is 17.7 Å². The van der Waals surface area contributed by atoms with Gasteiger partial charge in [0.05, 0.1) is 20.8 Å². The molecule has 2 aromatic rings. The lowest BCUT2D eigenvalue weighted by molar-refractivity contribution is -0.146. The maximum absolute atomic E-state index is 13.7. The van der Waals surface area contributed by atoms with Gasteiger partial charge < -0.3 is 14.2 Å². The fraction of sp³-hybridized carbons (Fsp3) is 0.393. The van der Waals surface area contributed by atoms with Crippen LogP contribution in [0.2, 0.25) is 0 Å². The highest BCUT2D eigenvalue weighted by atomic mass is 79.9. The van der Waals surface area contributed by atoms with E-state index in [0.29, 0.717) is 42.2 Å². The summed E-state index contributed by atoms with van der Waals surface area (Å²) in [6.45, 7) is 4.16. The van der Waals surface area contributed by atoms with E-state index in [1.165, 1.54) is 0 Å². The van der Waals surface area contributed by atoms with Crippen LogP contribution in [0, 0.1) is 5.92 Å². The van der Waals surface area contributed by atoms with E-state index in [0.717, 1.165) is 27.7 Å². The standard InChI is InChI=1S/C28H30BrNO5/c1-5-12-35-28(32)25-16(2)30-21-13-19(18-8-11-23(33-3)24(15-18)34-4)14-22(31)27(21)26(25)17-6-9-20(29)10-7-17/h6-11,15,19,25-26H,5,12-14H2,1-4H3/t19-,25?,26-/m0/s1. The van der Waals surface area contributed by atoms with E-state index in [1.807, 2.05) is 56.3 Å². The quantitative estimate of drug-likeness (QED) is 0.403. The smallest absolute Gasteiger partial charge is 0.315 e. The number of hydrogen-bond donors (Lipinski definition) is 0. The molecular weight excluding hydrogens is 510 g/mol. The van der Waals surface area contributed by atoms with Gasteiger partial charge >= 0.3 is 5.97 Å². The first kappa shape index (κ1) is 25.2. The molecule has 7 heteroatoms. The first-order valence-electron chi connectivity index (χ1n) is 11.8. The Morgan fingerprint density at radius 3 is 2.37 bits per heavy atom. The highest BCUT2D eigenvalue weighted by molar-refractivity contribution is 9.10. The minimum absolute atomic E-state index is 0.0171. The number of rotatable bonds is 7. The number of benzene rings is 2. The molecule has 1 unspecified atom stereocenters. The highest BCUT2D eigenvalue weighted by Crippen LogP contribution is 2.47. The minimum Gasteiger partial charge on any atom is -0.493 e. The number of esters is 1. The summed E-state index contributed by atoms with van der Waals surface area (Å²) in [5.74, 6) is -0.111. The van der Waals surface area contributed by atoms with E-state index in [2.05, 4.69) is 15.9 Å². The molecule has 0 amide bonds. The summed E-state index contributed by atoms with van der Waals surface area (Å²) in [5.41, 5.74) is 3.98. The molecule has 0 saturated carbocycles. The average Bonchev–Trinajstić information content (AvgIpc) is 2.86. The van der Waals surface area contributed by atoms with Gasteiger partial charge in [-0.05, 0) is 61.1 Å². The largest absolute Gasteiger partial charge is 0.493 e. The lowest BCUT2D eigenvalue weighted by atomic mass is 9.69. The number of halogens is 1. The van der Waals surface area contributed by atoms with Crippen LogP contribution in [0.4, 0.5) is 0 Å². The second-order valence-electron chi connectivity index (χ2n) is 8.93. The Morgan fingerprint density at radius 2 is 1.71 bits per heavy atom. The van der Waals surface area contributed by atoms with Gasteiger partial charge in [-0.3, -0.25) is 14.6 Å². The van der Waals surface area contributed by atoms with Crippen molar-refractivity contribution < 1.29 is 23.8 Å². The van der Waals surface area contributed by atoms with Gasteiger partial charge in [-0.25, -0.2) is 0 Å².